The predicted octanol–water partition coefficient (Wildman–Crippen LogP) is 7.03. The average molecular weight is 447 g/mol. The van der Waals surface area contributed by atoms with Crippen molar-refractivity contribution in [3.05, 3.63) is 90.8 Å². The molecule has 0 atom stereocenters. The molecule has 0 radical (unpaired) electrons. The zero-order chi connectivity index (χ0) is 23.4. The number of aliphatic hydroxyl groups is 1. The van der Waals surface area contributed by atoms with Crippen molar-refractivity contribution in [2.45, 2.75) is 19.8 Å². The van der Waals surface area contributed by atoms with E-state index in [2.05, 4.69) is 54.1 Å². The van der Waals surface area contributed by atoms with Crippen molar-refractivity contribution < 1.29 is 9.84 Å². The number of aliphatic hydroxyl groups excluding tert-OH is 1. The van der Waals surface area contributed by atoms with Crippen LogP contribution in [0.5, 0.6) is 11.6 Å². The molecule has 0 amide bonds. The van der Waals surface area contributed by atoms with Crippen LogP contribution in [0.4, 0.5) is 0 Å². The molecule has 2 aromatic carbocycles. The van der Waals surface area contributed by atoms with Crippen molar-refractivity contribution in [3.8, 4) is 11.6 Å². The Hall–Kier alpha value is -4.45. The topological polar surface area (TPSA) is 72.5 Å². The summed E-state index contributed by atoms with van der Waals surface area (Å²) < 4.78 is 8.23. The van der Waals surface area contributed by atoms with Crippen LogP contribution in [0, 0.1) is 0 Å². The second-order valence-electron chi connectivity index (χ2n) is 8.63. The highest BCUT2D eigenvalue weighted by atomic mass is 16.5. The van der Waals surface area contributed by atoms with Crippen LogP contribution in [0.2, 0.25) is 0 Å². The Morgan fingerprint density at radius 3 is 2.59 bits per heavy atom. The molecular weight excluding hydrogens is 424 g/mol. The van der Waals surface area contributed by atoms with Crippen molar-refractivity contribution in [2.75, 3.05) is 0 Å². The Bertz CT molecular complexity index is 1750. The Kier molecular flexibility index (Phi) is 4.48. The fourth-order valence-corrected chi connectivity index (χ4v) is 4.56. The minimum absolute atomic E-state index is 0.111. The van der Waals surface area contributed by atoms with Gasteiger partial charge in [-0.05, 0) is 41.8 Å². The summed E-state index contributed by atoms with van der Waals surface area (Å²) in [7, 11) is 0. The molecule has 4 heterocycles. The van der Waals surface area contributed by atoms with Crippen LogP contribution in [0.15, 0.2) is 79.5 Å². The Balaban J connectivity index is 1.67. The van der Waals surface area contributed by atoms with Crippen LogP contribution in [0.1, 0.15) is 31.0 Å². The molecule has 0 aliphatic rings. The third-order valence-electron chi connectivity index (χ3n) is 6.08. The average Bonchev–Trinajstić information content (AvgIpc) is 3.24. The van der Waals surface area contributed by atoms with Gasteiger partial charge in [0.05, 0.1) is 28.3 Å². The molecular formula is C28H22N4O2. The summed E-state index contributed by atoms with van der Waals surface area (Å²) in [5.41, 5.74) is 6.37. The summed E-state index contributed by atoms with van der Waals surface area (Å²) in [6.45, 7) is 7.93. The third kappa shape index (κ3) is 3.07. The molecule has 0 aliphatic carbocycles. The van der Waals surface area contributed by atoms with Crippen LogP contribution < -0.4 is 4.74 Å². The number of hydrogen-bond donors (Lipinski definition) is 1. The highest BCUT2D eigenvalue weighted by Gasteiger charge is 2.18. The molecule has 6 aromatic rings. The number of rotatable bonds is 4. The van der Waals surface area contributed by atoms with Gasteiger partial charge in [-0.15, -0.1) is 0 Å². The van der Waals surface area contributed by atoms with Crippen molar-refractivity contribution >= 4 is 44.2 Å². The summed E-state index contributed by atoms with van der Waals surface area (Å²) in [5.74, 6) is 1.11. The van der Waals surface area contributed by atoms with Gasteiger partial charge >= 0.3 is 0 Å². The first-order chi connectivity index (χ1) is 16.5. The van der Waals surface area contributed by atoms with Gasteiger partial charge in [-0.2, -0.15) is 0 Å². The van der Waals surface area contributed by atoms with E-state index in [0.29, 0.717) is 23.2 Å². The van der Waals surface area contributed by atoms with Gasteiger partial charge in [-0.1, -0.05) is 50.8 Å². The quantitative estimate of drug-likeness (QED) is 0.232. The molecule has 0 unspecified atom stereocenters. The second-order valence-corrected chi connectivity index (χ2v) is 8.63. The fourth-order valence-electron chi connectivity index (χ4n) is 4.56. The van der Waals surface area contributed by atoms with Crippen molar-refractivity contribution in [3.63, 3.8) is 0 Å². The molecule has 1 N–H and O–H groups in total. The van der Waals surface area contributed by atoms with Crippen molar-refractivity contribution in [2.24, 2.45) is 0 Å². The molecule has 6 nitrogen and oxygen atoms in total. The molecule has 0 bridgehead atoms. The molecule has 34 heavy (non-hydrogen) atoms. The minimum Gasteiger partial charge on any atom is -0.506 e. The van der Waals surface area contributed by atoms with Gasteiger partial charge in [-0.25, -0.2) is 9.97 Å². The van der Waals surface area contributed by atoms with E-state index >= 15 is 0 Å². The molecule has 6 rings (SSSR count). The van der Waals surface area contributed by atoms with E-state index in [1.807, 2.05) is 24.3 Å². The fraction of sp³-hybridized carbons (Fsp3) is 0.107. The number of aromatic nitrogens is 4. The Labute approximate surface area is 195 Å². The van der Waals surface area contributed by atoms with Crippen LogP contribution >= 0.6 is 0 Å². The van der Waals surface area contributed by atoms with Gasteiger partial charge in [-0.3, -0.25) is 9.38 Å². The Morgan fingerprint density at radius 1 is 0.971 bits per heavy atom. The van der Waals surface area contributed by atoms with Crippen molar-refractivity contribution in [1.29, 1.82) is 0 Å². The number of hydrogen-bond acceptors (Lipinski definition) is 5. The predicted molar refractivity (Wildman–Crippen MR) is 136 cm³/mol. The number of para-hydroxylation sites is 2. The molecule has 166 valence electrons. The summed E-state index contributed by atoms with van der Waals surface area (Å²) in [4.78, 5) is 14.1. The maximum Gasteiger partial charge on any atom is 0.219 e. The number of pyridine rings is 3. The molecule has 0 saturated carbocycles. The highest BCUT2D eigenvalue weighted by molar-refractivity contribution is 6.13. The van der Waals surface area contributed by atoms with Gasteiger partial charge in [0.15, 0.2) is 0 Å². The number of imidazole rings is 1. The first kappa shape index (κ1) is 20.2. The summed E-state index contributed by atoms with van der Waals surface area (Å²) in [5, 5.41) is 11.7. The molecule has 0 aliphatic heterocycles. The maximum atomic E-state index is 9.68. The lowest BCUT2D eigenvalue weighted by atomic mass is 9.96. The van der Waals surface area contributed by atoms with Crippen molar-refractivity contribution in [1.82, 2.24) is 19.4 Å². The lowest BCUT2D eigenvalue weighted by Crippen LogP contribution is -1.99. The van der Waals surface area contributed by atoms with E-state index in [-0.39, 0.29) is 5.76 Å². The smallest absolute Gasteiger partial charge is 0.219 e. The van der Waals surface area contributed by atoms with Gasteiger partial charge in [0.1, 0.15) is 22.8 Å². The van der Waals surface area contributed by atoms with Gasteiger partial charge in [0, 0.05) is 16.8 Å². The largest absolute Gasteiger partial charge is 0.506 e. The molecule has 0 fully saturated rings. The monoisotopic (exact) mass is 446 g/mol. The van der Waals surface area contributed by atoms with Crippen LogP contribution in [0.3, 0.4) is 0 Å². The Morgan fingerprint density at radius 2 is 1.76 bits per heavy atom. The lowest BCUT2D eigenvalue weighted by Gasteiger charge is -2.15. The normalized spacial score (nSPS) is 11.7. The number of ether oxygens (including phenoxy) is 1. The maximum absolute atomic E-state index is 9.68. The SMILES string of the molecule is C=C(O)c1cccc(Oc2cnc3c(c2)c2nc4ccccc4n2c2cccc(C(C)C)c32)n1. The summed E-state index contributed by atoms with van der Waals surface area (Å²) in [6.07, 6.45) is 1.71. The molecule has 0 saturated heterocycles. The first-order valence-electron chi connectivity index (χ1n) is 11.2. The van der Waals surface area contributed by atoms with E-state index in [9.17, 15) is 5.11 Å². The standard InChI is InChI=1S/C28H22N4O2/c1-16(2)19-8-6-12-24-26(19)27-20(28-31-22-9-4-5-11-23(22)32(24)28)14-18(15-29-27)34-25-13-7-10-21(30-25)17(3)33/h4-16,33H,3H2,1-2H3. The van der Waals surface area contributed by atoms with Crippen LogP contribution in [0.25, 0.3) is 44.2 Å². The third-order valence-corrected chi connectivity index (χ3v) is 6.08. The number of fused-ring (bicyclic) bond motifs is 8. The first-order valence-corrected chi connectivity index (χ1v) is 11.2. The molecule has 0 spiro atoms. The highest BCUT2D eigenvalue weighted by Crippen LogP contribution is 2.37. The molecule has 4 aromatic heterocycles. The van der Waals surface area contributed by atoms with E-state index in [1.165, 1.54) is 5.56 Å². The lowest BCUT2D eigenvalue weighted by molar-refractivity contribution is 0.457. The zero-order valence-corrected chi connectivity index (χ0v) is 18.9. The van der Waals surface area contributed by atoms with Gasteiger partial charge in [0.2, 0.25) is 5.88 Å². The van der Waals surface area contributed by atoms with Crippen LogP contribution in [-0.2, 0) is 0 Å². The van der Waals surface area contributed by atoms with E-state index in [0.717, 1.165) is 38.5 Å². The number of nitrogens with zero attached hydrogens (tertiary/aromatic N) is 4. The van der Waals surface area contributed by atoms with E-state index in [4.69, 9.17) is 14.7 Å². The van der Waals surface area contributed by atoms with Gasteiger partial charge < -0.3 is 9.84 Å². The minimum atomic E-state index is -0.111. The van der Waals surface area contributed by atoms with E-state index < -0.39 is 0 Å². The van der Waals surface area contributed by atoms with Gasteiger partial charge in [0.25, 0.3) is 0 Å². The zero-order valence-electron chi connectivity index (χ0n) is 18.9. The summed E-state index contributed by atoms with van der Waals surface area (Å²) >= 11 is 0. The number of benzene rings is 2. The molecule has 6 heteroatoms. The van der Waals surface area contributed by atoms with E-state index in [1.54, 1.807) is 24.4 Å². The second kappa shape index (κ2) is 7.56. The summed E-state index contributed by atoms with van der Waals surface area (Å²) in [6, 6.07) is 21.7. The van der Waals surface area contributed by atoms with Crippen LogP contribution in [-0.4, -0.2) is 24.5 Å².